The third kappa shape index (κ3) is 3.33. The molecule has 0 amide bonds. The van der Waals surface area contributed by atoms with E-state index in [1.165, 1.54) is 12.4 Å². The summed E-state index contributed by atoms with van der Waals surface area (Å²) < 4.78 is 15.0. The van der Waals surface area contributed by atoms with Crippen molar-refractivity contribution in [1.82, 2.24) is 4.57 Å². The summed E-state index contributed by atoms with van der Waals surface area (Å²) in [6.45, 7) is 0. The molecule has 0 bridgehead atoms. The molecule has 6 aromatic carbocycles. The van der Waals surface area contributed by atoms with Gasteiger partial charge in [-0.2, -0.15) is 0 Å². The van der Waals surface area contributed by atoms with E-state index in [0.29, 0.717) is 0 Å². The summed E-state index contributed by atoms with van der Waals surface area (Å²) in [6, 6.07) is 39.2. The predicted octanol–water partition coefficient (Wildman–Crippen LogP) is 10.2. The molecule has 0 aliphatic rings. The summed E-state index contributed by atoms with van der Waals surface area (Å²) in [4.78, 5) is 0. The largest absolute Gasteiger partial charge is 0.456 e. The van der Waals surface area contributed by atoms with E-state index in [1.807, 2.05) is 54.6 Å². The standard InChI is InChI=1S/C38H23N3O2/c39-20-22-9-10-25(21-40)33(17-22)41-31-15-12-23(24-11-13-28-26-5-1-3-7-34(26)42-36(28)19-24)18-30(31)37-32(41)16-14-29-27-6-2-4-8-35(27)43-38(29)37/h1-21,39-40H. The van der Waals surface area contributed by atoms with Gasteiger partial charge in [0.2, 0.25) is 0 Å². The van der Waals surface area contributed by atoms with Crippen LogP contribution < -0.4 is 0 Å². The molecule has 9 aromatic rings. The lowest BCUT2D eigenvalue weighted by Crippen LogP contribution is -2.00. The van der Waals surface area contributed by atoms with Crippen LogP contribution in [0.4, 0.5) is 0 Å². The number of fused-ring (bicyclic) bond motifs is 10. The third-order valence-corrected chi connectivity index (χ3v) is 8.60. The van der Waals surface area contributed by atoms with E-state index in [-0.39, 0.29) is 0 Å². The molecule has 0 atom stereocenters. The molecule has 3 aromatic heterocycles. The number of benzene rings is 6. The molecule has 43 heavy (non-hydrogen) atoms. The second kappa shape index (κ2) is 8.78. The van der Waals surface area contributed by atoms with E-state index in [2.05, 4.69) is 65.2 Å². The fourth-order valence-corrected chi connectivity index (χ4v) is 6.60. The molecule has 5 heteroatoms. The van der Waals surface area contributed by atoms with Gasteiger partial charge in [0.05, 0.1) is 22.1 Å². The first-order chi connectivity index (χ1) is 21.2. The highest BCUT2D eigenvalue weighted by atomic mass is 16.3. The number of para-hydroxylation sites is 2. The summed E-state index contributed by atoms with van der Waals surface area (Å²) in [7, 11) is 0. The number of hydrogen-bond acceptors (Lipinski definition) is 4. The van der Waals surface area contributed by atoms with Crippen molar-refractivity contribution in [2.75, 3.05) is 0 Å². The zero-order valence-corrected chi connectivity index (χ0v) is 22.9. The number of rotatable bonds is 4. The van der Waals surface area contributed by atoms with Gasteiger partial charge in [-0.25, -0.2) is 0 Å². The van der Waals surface area contributed by atoms with Gasteiger partial charge in [-0.1, -0.05) is 60.7 Å². The van der Waals surface area contributed by atoms with Crippen molar-refractivity contribution in [2.45, 2.75) is 0 Å². The van der Waals surface area contributed by atoms with Gasteiger partial charge >= 0.3 is 0 Å². The molecule has 0 saturated heterocycles. The Balaban J connectivity index is 1.38. The first-order valence-electron chi connectivity index (χ1n) is 14.2. The first kappa shape index (κ1) is 23.7. The van der Waals surface area contributed by atoms with Crippen molar-refractivity contribution < 1.29 is 8.83 Å². The number of hydrogen-bond donors (Lipinski definition) is 2. The fourth-order valence-electron chi connectivity index (χ4n) is 6.60. The zero-order valence-electron chi connectivity index (χ0n) is 22.9. The monoisotopic (exact) mass is 553 g/mol. The van der Waals surface area contributed by atoms with Gasteiger partial charge < -0.3 is 24.2 Å². The van der Waals surface area contributed by atoms with Crippen LogP contribution in [0.1, 0.15) is 11.1 Å². The summed E-state index contributed by atoms with van der Waals surface area (Å²) in [5.41, 5.74) is 9.95. The number of furan rings is 2. The number of aromatic nitrogens is 1. The van der Waals surface area contributed by atoms with Crippen molar-refractivity contribution >= 4 is 78.1 Å². The Bertz CT molecular complexity index is 2610. The molecule has 5 nitrogen and oxygen atoms in total. The Morgan fingerprint density at radius 3 is 2.00 bits per heavy atom. The maximum Gasteiger partial charge on any atom is 0.145 e. The van der Waals surface area contributed by atoms with E-state index in [4.69, 9.17) is 19.7 Å². The van der Waals surface area contributed by atoms with Crippen molar-refractivity contribution in [3.63, 3.8) is 0 Å². The summed E-state index contributed by atoms with van der Waals surface area (Å²) in [5, 5.41) is 22.5. The van der Waals surface area contributed by atoms with E-state index in [9.17, 15) is 0 Å². The average molecular weight is 554 g/mol. The Morgan fingerprint density at radius 1 is 0.512 bits per heavy atom. The molecule has 9 rings (SSSR count). The van der Waals surface area contributed by atoms with Crippen LogP contribution in [-0.2, 0) is 0 Å². The molecule has 0 radical (unpaired) electrons. The molecule has 2 N–H and O–H groups in total. The first-order valence-corrected chi connectivity index (χ1v) is 14.2. The molecule has 202 valence electrons. The molecule has 3 heterocycles. The van der Waals surface area contributed by atoms with Gasteiger partial charge in [-0.05, 0) is 71.3 Å². The van der Waals surface area contributed by atoms with Crippen LogP contribution in [0.3, 0.4) is 0 Å². The maximum absolute atomic E-state index is 8.16. The minimum atomic E-state index is 0.772. The normalized spacial score (nSPS) is 11.9. The van der Waals surface area contributed by atoms with E-state index in [0.717, 1.165) is 93.6 Å². The Kier molecular flexibility index (Phi) is 4.85. The summed E-state index contributed by atoms with van der Waals surface area (Å²) in [6.07, 6.45) is 2.71. The van der Waals surface area contributed by atoms with E-state index >= 15 is 0 Å². The fraction of sp³-hybridized carbons (Fsp3) is 0. The molecular formula is C38H23N3O2. The molecule has 0 aliphatic heterocycles. The third-order valence-electron chi connectivity index (χ3n) is 8.60. The van der Waals surface area contributed by atoms with Gasteiger partial charge in [-0.3, -0.25) is 0 Å². The molecule has 0 spiro atoms. The molecule has 0 saturated carbocycles. The quantitative estimate of drug-likeness (QED) is 0.213. The van der Waals surface area contributed by atoms with Gasteiger partial charge in [0.15, 0.2) is 0 Å². The van der Waals surface area contributed by atoms with Gasteiger partial charge in [0.25, 0.3) is 0 Å². The van der Waals surface area contributed by atoms with Gasteiger partial charge in [-0.15, -0.1) is 0 Å². The molecular weight excluding hydrogens is 530 g/mol. The molecule has 0 unspecified atom stereocenters. The highest BCUT2D eigenvalue weighted by molar-refractivity contribution is 6.24. The van der Waals surface area contributed by atoms with Crippen LogP contribution in [0.15, 0.2) is 124 Å². The highest BCUT2D eigenvalue weighted by Gasteiger charge is 2.21. The zero-order chi connectivity index (χ0) is 28.7. The summed E-state index contributed by atoms with van der Waals surface area (Å²) in [5.74, 6) is 0. The second-order valence-corrected chi connectivity index (χ2v) is 10.9. The Hall–Kier alpha value is -5.94. The van der Waals surface area contributed by atoms with Gasteiger partial charge in [0, 0.05) is 44.9 Å². The van der Waals surface area contributed by atoms with Crippen LogP contribution in [0, 0.1) is 10.8 Å². The van der Waals surface area contributed by atoms with E-state index < -0.39 is 0 Å². The van der Waals surface area contributed by atoms with Gasteiger partial charge in [0.1, 0.15) is 22.3 Å². The molecule has 0 aliphatic carbocycles. The SMILES string of the molecule is N=Cc1ccc(C=N)c(-n2c3ccc(-c4ccc5c(c4)oc4ccccc45)cc3c3c4oc5ccccc5c4ccc32)c1. The predicted molar refractivity (Wildman–Crippen MR) is 177 cm³/mol. The second-order valence-electron chi connectivity index (χ2n) is 10.9. The topological polar surface area (TPSA) is 78.9 Å². The lowest BCUT2D eigenvalue weighted by molar-refractivity contribution is 0.669. The maximum atomic E-state index is 8.16. The number of nitrogens with zero attached hydrogens (tertiary/aromatic N) is 1. The average Bonchev–Trinajstić information content (AvgIpc) is 3.73. The Labute approximate surface area is 245 Å². The lowest BCUT2D eigenvalue weighted by Gasteiger charge is -2.12. The smallest absolute Gasteiger partial charge is 0.145 e. The number of nitrogens with one attached hydrogen (secondary N) is 2. The lowest BCUT2D eigenvalue weighted by atomic mass is 10.0. The van der Waals surface area contributed by atoms with Crippen molar-refractivity contribution in [3.05, 3.63) is 126 Å². The van der Waals surface area contributed by atoms with Crippen LogP contribution in [0.25, 0.3) is 82.5 Å². The minimum absolute atomic E-state index is 0.772. The summed E-state index contributed by atoms with van der Waals surface area (Å²) >= 11 is 0. The van der Waals surface area contributed by atoms with Crippen molar-refractivity contribution in [1.29, 1.82) is 10.8 Å². The van der Waals surface area contributed by atoms with Crippen LogP contribution in [0.5, 0.6) is 0 Å². The Morgan fingerprint density at radius 2 is 1.19 bits per heavy atom. The van der Waals surface area contributed by atoms with Crippen molar-refractivity contribution in [2.24, 2.45) is 0 Å². The highest BCUT2D eigenvalue weighted by Crippen LogP contribution is 2.42. The minimum Gasteiger partial charge on any atom is -0.456 e. The van der Waals surface area contributed by atoms with Crippen LogP contribution in [-0.4, -0.2) is 17.0 Å². The van der Waals surface area contributed by atoms with Crippen LogP contribution >= 0.6 is 0 Å². The van der Waals surface area contributed by atoms with Crippen LogP contribution in [0.2, 0.25) is 0 Å². The van der Waals surface area contributed by atoms with E-state index in [1.54, 1.807) is 0 Å². The van der Waals surface area contributed by atoms with Crippen molar-refractivity contribution in [3.8, 4) is 16.8 Å². The molecule has 0 fully saturated rings.